The number of aromatic nitrogens is 4. The average molecular weight is 420 g/mol. The molecule has 0 bridgehead atoms. The maximum absolute atomic E-state index is 12.6. The van der Waals surface area contributed by atoms with E-state index < -0.39 is 12.2 Å². The largest absolute Gasteiger partial charge is 0.574 e. The summed E-state index contributed by atoms with van der Waals surface area (Å²) >= 11 is 5.85. The number of alkyl halides is 4. The fourth-order valence-corrected chi connectivity index (χ4v) is 3.06. The highest BCUT2D eigenvalue weighted by molar-refractivity contribution is 6.17. The van der Waals surface area contributed by atoms with Gasteiger partial charge in [-0.2, -0.15) is 4.98 Å². The van der Waals surface area contributed by atoms with Crippen LogP contribution < -0.4 is 10.5 Å². The molecule has 0 aliphatic rings. The van der Waals surface area contributed by atoms with Crippen molar-refractivity contribution in [2.45, 2.75) is 12.2 Å². The molecule has 0 unspecified atom stereocenters. The number of anilines is 1. The predicted molar refractivity (Wildman–Crippen MR) is 103 cm³/mol. The number of halogens is 4. The zero-order chi connectivity index (χ0) is 20.6. The van der Waals surface area contributed by atoms with Crippen LogP contribution in [0.2, 0.25) is 0 Å². The summed E-state index contributed by atoms with van der Waals surface area (Å²) in [7, 11) is 0. The molecule has 0 atom stereocenters. The van der Waals surface area contributed by atoms with Crippen LogP contribution in [-0.4, -0.2) is 25.9 Å². The van der Waals surface area contributed by atoms with E-state index in [4.69, 9.17) is 17.3 Å². The molecular formula is C19H13ClF3N5O. The van der Waals surface area contributed by atoms with Crippen molar-refractivity contribution in [2.75, 3.05) is 5.73 Å². The number of benzene rings is 1. The first-order valence-corrected chi connectivity index (χ1v) is 8.90. The number of nitrogens with two attached hydrogens (primary N) is 1. The minimum absolute atomic E-state index is 0.184. The highest BCUT2D eigenvalue weighted by Gasteiger charge is 2.32. The van der Waals surface area contributed by atoms with Gasteiger partial charge < -0.3 is 10.5 Å². The number of hydrogen-bond acceptors (Lipinski definition) is 5. The predicted octanol–water partition coefficient (Wildman–Crippen LogP) is 4.70. The number of hydrogen-bond donors (Lipinski definition) is 1. The van der Waals surface area contributed by atoms with E-state index >= 15 is 0 Å². The first-order valence-electron chi connectivity index (χ1n) is 8.37. The Morgan fingerprint density at radius 1 is 1.03 bits per heavy atom. The highest BCUT2D eigenvalue weighted by atomic mass is 35.5. The Balaban J connectivity index is 1.97. The van der Waals surface area contributed by atoms with Crippen LogP contribution in [0.3, 0.4) is 0 Å². The molecule has 2 N–H and O–H groups in total. The Morgan fingerprint density at radius 2 is 1.79 bits per heavy atom. The van der Waals surface area contributed by atoms with E-state index in [9.17, 15) is 13.2 Å². The molecular weight excluding hydrogens is 407 g/mol. The Kier molecular flexibility index (Phi) is 4.75. The maximum atomic E-state index is 12.6. The Labute approximate surface area is 167 Å². The summed E-state index contributed by atoms with van der Waals surface area (Å²) in [5, 5.41) is 0. The lowest BCUT2D eigenvalue weighted by molar-refractivity contribution is -0.276. The third-order valence-corrected chi connectivity index (χ3v) is 4.44. The van der Waals surface area contributed by atoms with Gasteiger partial charge in [0.1, 0.15) is 11.3 Å². The van der Waals surface area contributed by atoms with E-state index in [0.29, 0.717) is 28.5 Å². The highest BCUT2D eigenvalue weighted by Crippen LogP contribution is 2.32. The van der Waals surface area contributed by atoms with E-state index in [1.807, 2.05) is 0 Å². The van der Waals surface area contributed by atoms with Gasteiger partial charge in [-0.25, -0.2) is 9.97 Å². The lowest BCUT2D eigenvalue weighted by atomic mass is 10.2. The van der Waals surface area contributed by atoms with Gasteiger partial charge in [0, 0.05) is 23.8 Å². The van der Waals surface area contributed by atoms with Gasteiger partial charge in [-0.1, -0.05) is 12.1 Å². The minimum atomic E-state index is -4.86. The van der Waals surface area contributed by atoms with Crippen molar-refractivity contribution in [1.29, 1.82) is 0 Å². The monoisotopic (exact) mass is 419 g/mol. The molecule has 0 spiro atoms. The van der Waals surface area contributed by atoms with Crippen LogP contribution >= 0.6 is 11.6 Å². The molecule has 4 rings (SSSR count). The number of fused-ring (bicyclic) bond motifs is 1. The molecule has 0 fully saturated rings. The summed E-state index contributed by atoms with van der Waals surface area (Å²) in [5.41, 5.74) is 8.59. The average Bonchev–Trinajstić information content (AvgIpc) is 3.05. The van der Waals surface area contributed by atoms with Crippen molar-refractivity contribution in [3.05, 3.63) is 60.3 Å². The number of ether oxygens (including phenoxy) is 1. The molecule has 10 heteroatoms. The molecule has 3 heterocycles. The molecule has 0 amide bonds. The number of nitrogen functional groups attached to an aromatic ring is 1. The zero-order valence-corrected chi connectivity index (χ0v) is 15.4. The van der Waals surface area contributed by atoms with Crippen molar-refractivity contribution >= 4 is 28.6 Å². The molecule has 0 saturated heterocycles. The van der Waals surface area contributed by atoms with Gasteiger partial charge in [0.25, 0.3) is 0 Å². The zero-order valence-electron chi connectivity index (χ0n) is 14.7. The van der Waals surface area contributed by atoms with Crippen LogP contribution in [0.5, 0.6) is 5.88 Å². The van der Waals surface area contributed by atoms with Crippen LogP contribution in [0.1, 0.15) is 5.56 Å². The second-order valence-electron chi connectivity index (χ2n) is 6.05. The second kappa shape index (κ2) is 7.25. The second-order valence-corrected chi connectivity index (χ2v) is 6.31. The third-order valence-electron chi connectivity index (χ3n) is 4.13. The smallest absolute Gasteiger partial charge is 0.388 e. The van der Waals surface area contributed by atoms with Gasteiger partial charge >= 0.3 is 6.36 Å². The molecule has 0 radical (unpaired) electrons. The van der Waals surface area contributed by atoms with Crippen LogP contribution in [-0.2, 0) is 5.88 Å². The summed E-state index contributed by atoms with van der Waals surface area (Å²) in [4.78, 5) is 12.6. The van der Waals surface area contributed by atoms with Gasteiger partial charge in [0.05, 0.1) is 5.56 Å². The summed E-state index contributed by atoms with van der Waals surface area (Å²) in [6.45, 7) is 0. The molecule has 0 aliphatic carbocycles. The molecule has 3 aromatic heterocycles. The van der Waals surface area contributed by atoms with Crippen LogP contribution in [0.4, 0.5) is 19.0 Å². The van der Waals surface area contributed by atoms with Crippen molar-refractivity contribution in [1.82, 2.24) is 19.5 Å². The fourth-order valence-electron chi connectivity index (χ4n) is 2.88. The van der Waals surface area contributed by atoms with E-state index in [0.717, 1.165) is 11.6 Å². The Hall–Kier alpha value is -3.33. The van der Waals surface area contributed by atoms with Crippen LogP contribution in [0.25, 0.3) is 28.2 Å². The van der Waals surface area contributed by atoms with Crippen molar-refractivity contribution in [2.24, 2.45) is 0 Å². The molecule has 6 nitrogen and oxygen atoms in total. The number of nitrogens with zero attached hydrogens (tertiary/aromatic N) is 4. The van der Waals surface area contributed by atoms with Crippen LogP contribution in [0.15, 0.2) is 54.7 Å². The molecule has 1 aromatic carbocycles. The van der Waals surface area contributed by atoms with Gasteiger partial charge in [-0.15, -0.1) is 24.8 Å². The number of imidazole rings is 1. The molecule has 29 heavy (non-hydrogen) atoms. The topological polar surface area (TPSA) is 78.8 Å². The molecule has 4 aromatic rings. The van der Waals surface area contributed by atoms with Gasteiger partial charge in [0.2, 0.25) is 5.88 Å². The Morgan fingerprint density at radius 3 is 2.45 bits per heavy atom. The summed E-state index contributed by atoms with van der Waals surface area (Å²) in [5.74, 6) is 0.359. The van der Waals surface area contributed by atoms with E-state index in [-0.39, 0.29) is 11.5 Å². The third kappa shape index (κ3) is 3.81. The first kappa shape index (κ1) is 19.0. The lowest BCUT2D eigenvalue weighted by Gasteiger charge is -2.11. The number of rotatable bonds is 4. The standard InChI is InChI=1S/C19H13ClF3N5O/c20-10-11-3-5-12(6-4-11)28-17(13-2-1-9-25-16(13)24)26-14-7-8-15(27-18(14)28)29-19(21,22)23/h1-9H,10H2,(H2,24,25). The first-order chi connectivity index (χ1) is 13.9. The van der Waals surface area contributed by atoms with Crippen molar-refractivity contribution in [3.63, 3.8) is 0 Å². The Bertz CT molecular complexity index is 1170. The molecule has 148 valence electrons. The van der Waals surface area contributed by atoms with Gasteiger partial charge in [-0.05, 0) is 35.9 Å². The summed E-state index contributed by atoms with van der Waals surface area (Å²) in [6, 6.07) is 13.1. The minimum Gasteiger partial charge on any atom is -0.388 e. The fraction of sp³-hybridized carbons (Fsp3) is 0.105. The van der Waals surface area contributed by atoms with Crippen molar-refractivity contribution in [3.8, 4) is 23.0 Å². The van der Waals surface area contributed by atoms with Gasteiger partial charge in [0.15, 0.2) is 11.5 Å². The quantitative estimate of drug-likeness (QED) is 0.485. The SMILES string of the molecule is Nc1ncccc1-c1nc2ccc(OC(F)(F)F)nc2n1-c1ccc(CCl)cc1. The molecule has 0 saturated carbocycles. The van der Waals surface area contributed by atoms with E-state index in [1.54, 1.807) is 41.0 Å². The normalized spacial score (nSPS) is 11.7. The van der Waals surface area contributed by atoms with Crippen LogP contribution in [0, 0.1) is 0 Å². The van der Waals surface area contributed by atoms with E-state index in [2.05, 4.69) is 19.7 Å². The summed E-state index contributed by atoms with van der Waals surface area (Å²) in [6.07, 6.45) is -3.32. The van der Waals surface area contributed by atoms with Crippen molar-refractivity contribution < 1.29 is 17.9 Å². The lowest BCUT2D eigenvalue weighted by Crippen LogP contribution is -2.18. The molecule has 0 aliphatic heterocycles. The summed E-state index contributed by atoms with van der Waals surface area (Å²) < 4.78 is 43.5. The maximum Gasteiger partial charge on any atom is 0.574 e. The van der Waals surface area contributed by atoms with E-state index in [1.165, 1.54) is 12.3 Å². The van der Waals surface area contributed by atoms with Gasteiger partial charge in [-0.3, -0.25) is 4.57 Å². The number of pyridine rings is 2.